The third kappa shape index (κ3) is 6.35. The molecule has 0 radical (unpaired) electrons. The Kier molecular flexibility index (Phi) is 8.75. The summed E-state index contributed by atoms with van der Waals surface area (Å²) in [6.07, 6.45) is 4.71. The van der Waals surface area contributed by atoms with Crippen LogP contribution in [0.4, 0.5) is 4.79 Å². The van der Waals surface area contributed by atoms with E-state index in [0.29, 0.717) is 32.0 Å². The third-order valence-electron chi connectivity index (χ3n) is 5.87. The highest BCUT2D eigenvalue weighted by Gasteiger charge is 2.30. The molecule has 0 spiro atoms. The van der Waals surface area contributed by atoms with Crippen molar-refractivity contribution in [3.05, 3.63) is 24.3 Å². The molecule has 3 rings (SSSR count). The fourth-order valence-electron chi connectivity index (χ4n) is 4.02. The predicted molar refractivity (Wildman–Crippen MR) is 121 cm³/mol. The van der Waals surface area contributed by atoms with Crippen LogP contribution in [-0.4, -0.2) is 86.9 Å². The molecular weight excluding hydrogens is 432 g/mol. The molecule has 2 aliphatic heterocycles. The SMILES string of the molecule is CCOc1ccc(S(=O)(=O)N2CCN(C(=O)NCCC(=O)N3CCCCCC3)CC2)cc1. The second kappa shape index (κ2) is 11.5. The Balaban J connectivity index is 1.43. The number of likely N-dealkylation sites (tertiary alicyclic amines) is 1. The molecular formula is C22H34N4O5S. The Hall–Kier alpha value is -2.33. The summed E-state index contributed by atoms with van der Waals surface area (Å²) in [5.41, 5.74) is 0. The average molecular weight is 467 g/mol. The molecule has 178 valence electrons. The zero-order valence-corrected chi connectivity index (χ0v) is 19.6. The fourth-order valence-corrected chi connectivity index (χ4v) is 5.44. The van der Waals surface area contributed by atoms with E-state index in [-0.39, 0.29) is 36.3 Å². The lowest BCUT2D eigenvalue weighted by Gasteiger charge is -2.34. The van der Waals surface area contributed by atoms with Gasteiger partial charge in [0.25, 0.3) is 0 Å². The van der Waals surface area contributed by atoms with Crippen LogP contribution in [0.25, 0.3) is 0 Å². The van der Waals surface area contributed by atoms with Crippen LogP contribution < -0.4 is 10.1 Å². The molecule has 0 saturated carbocycles. The second-order valence-corrected chi connectivity index (χ2v) is 10.0. The van der Waals surface area contributed by atoms with Crippen LogP contribution in [0.5, 0.6) is 5.75 Å². The number of rotatable bonds is 7. The Morgan fingerprint density at radius 3 is 2.12 bits per heavy atom. The Morgan fingerprint density at radius 1 is 0.906 bits per heavy atom. The number of urea groups is 1. The zero-order valence-electron chi connectivity index (χ0n) is 18.8. The molecule has 2 fully saturated rings. The number of nitrogens with one attached hydrogen (secondary N) is 1. The van der Waals surface area contributed by atoms with Crippen molar-refractivity contribution in [1.29, 1.82) is 0 Å². The minimum absolute atomic E-state index is 0.0819. The first-order chi connectivity index (χ1) is 15.4. The van der Waals surface area contributed by atoms with Gasteiger partial charge in [-0.1, -0.05) is 12.8 Å². The molecule has 0 unspecified atom stereocenters. The highest BCUT2D eigenvalue weighted by atomic mass is 32.2. The van der Waals surface area contributed by atoms with Crippen molar-refractivity contribution < 1.29 is 22.7 Å². The summed E-state index contributed by atoms with van der Waals surface area (Å²) in [5.74, 6) is 0.709. The number of nitrogens with zero attached hydrogens (tertiary/aromatic N) is 3. The molecule has 1 aromatic carbocycles. The van der Waals surface area contributed by atoms with Crippen molar-refractivity contribution in [3.63, 3.8) is 0 Å². The first-order valence-electron chi connectivity index (χ1n) is 11.5. The summed E-state index contributed by atoms with van der Waals surface area (Å²) >= 11 is 0. The first kappa shape index (κ1) is 24.3. The molecule has 10 heteroatoms. The fraction of sp³-hybridized carbons (Fsp3) is 0.636. The van der Waals surface area contributed by atoms with E-state index < -0.39 is 10.0 Å². The van der Waals surface area contributed by atoms with Gasteiger partial charge in [0, 0.05) is 52.2 Å². The second-order valence-electron chi connectivity index (χ2n) is 8.07. The predicted octanol–water partition coefficient (Wildman–Crippen LogP) is 1.89. The van der Waals surface area contributed by atoms with Gasteiger partial charge >= 0.3 is 6.03 Å². The van der Waals surface area contributed by atoms with Crippen LogP contribution in [0.3, 0.4) is 0 Å². The number of piperazine rings is 1. The van der Waals surface area contributed by atoms with Crippen molar-refractivity contribution in [2.75, 3.05) is 52.4 Å². The maximum Gasteiger partial charge on any atom is 0.317 e. The number of ether oxygens (including phenoxy) is 1. The standard InChI is InChI=1S/C22H34N4O5S/c1-2-31-19-7-9-20(10-8-19)32(29,30)26-17-15-25(16-18-26)22(28)23-12-11-21(27)24-13-5-3-4-6-14-24/h7-10H,2-6,11-18H2,1H3,(H,23,28). The molecule has 0 bridgehead atoms. The number of benzene rings is 1. The van der Waals surface area contributed by atoms with Crippen LogP contribution >= 0.6 is 0 Å². The minimum atomic E-state index is -3.62. The van der Waals surface area contributed by atoms with Crippen molar-refractivity contribution >= 4 is 22.0 Å². The monoisotopic (exact) mass is 466 g/mol. The van der Waals surface area contributed by atoms with Crippen molar-refractivity contribution in [2.45, 2.75) is 43.9 Å². The summed E-state index contributed by atoms with van der Waals surface area (Å²) in [6, 6.07) is 6.12. The lowest BCUT2D eigenvalue weighted by atomic mass is 10.2. The summed E-state index contributed by atoms with van der Waals surface area (Å²) in [4.78, 5) is 28.5. The number of sulfonamides is 1. The highest BCUT2D eigenvalue weighted by molar-refractivity contribution is 7.89. The normalized spacial score (nSPS) is 18.2. The van der Waals surface area contributed by atoms with E-state index >= 15 is 0 Å². The number of hydrogen-bond donors (Lipinski definition) is 1. The van der Waals surface area contributed by atoms with E-state index in [9.17, 15) is 18.0 Å². The minimum Gasteiger partial charge on any atom is -0.494 e. The number of carbonyl (C=O) groups excluding carboxylic acids is 2. The molecule has 0 aliphatic carbocycles. The van der Waals surface area contributed by atoms with Crippen LogP contribution in [0, 0.1) is 0 Å². The van der Waals surface area contributed by atoms with Crippen LogP contribution in [0.2, 0.25) is 0 Å². The van der Waals surface area contributed by atoms with Gasteiger partial charge in [0.15, 0.2) is 0 Å². The Bertz CT molecular complexity index is 859. The van der Waals surface area contributed by atoms with Crippen molar-refractivity contribution in [1.82, 2.24) is 19.4 Å². The van der Waals surface area contributed by atoms with E-state index in [0.717, 1.165) is 25.9 Å². The number of hydrogen-bond acceptors (Lipinski definition) is 5. The largest absolute Gasteiger partial charge is 0.494 e. The Morgan fingerprint density at radius 2 is 1.53 bits per heavy atom. The summed E-state index contributed by atoms with van der Waals surface area (Å²) in [6.45, 7) is 5.36. The summed E-state index contributed by atoms with van der Waals surface area (Å²) in [5, 5.41) is 2.80. The van der Waals surface area contributed by atoms with Gasteiger partial charge in [-0.3, -0.25) is 4.79 Å². The van der Waals surface area contributed by atoms with Crippen molar-refractivity contribution in [3.8, 4) is 5.75 Å². The number of amides is 3. The van der Waals surface area contributed by atoms with Gasteiger partial charge in [0.1, 0.15) is 5.75 Å². The smallest absolute Gasteiger partial charge is 0.317 e. The average Bonchev–Trinajstić information content (AvgIpc) is 3.09. The van der Waals surface area contributed by atoms with Gasteiger partial charge < -0.3 is 19.9 Å². The molecule has 0 atom stereocenters. The van der Waals surface area contributed by atoms with E-state index in [2.05, 4.69) is 5.32 Å². The van der Waals surface area contributed by atoms with Gasteiger partial charge in [0.05, 0.1) is 11.5 Å². The maximum absolute atomic E-state index is 12.9. The van der Waals surface area contributed by atoms with E-state index in [1.54, 1.807) is 29.2 Å². The highest BCUT2D eigenvalue weighted by Crippen LogP contribution is 2.21. The first-order valence-corrected chi connectivity index (χ1v) is 12.9. The summed E-state index contributed by atoms with van der Waals surface area (Å²) < 4.78 is 32.5. The lowest BCUT2D eigenvalue weighted by molar-refractivity contribution is -0.131. The molecule has 3 amide bonds. The molecule has 2 heterocycles. The topological polar surface area (TPSA) is 99.3 Å². The molecule has 2 aliphatic rings. The van der Waals surface area contributed by atoms with Gasteiger partial charge in [-0.15, -0.1) is 0 Å². The number of carbonyl (C=O) groups is 2. The van der Waals surface area contributed by atoms with Crippen molar-refractivity contribution in [2.24, 2.45) is 0 Å². The maximum atomic E-state index is 12.9. The van der Waals surface area contributed by atoms with E-state index in [1.807, 2.05) is 11.8 Å². The van der Waals surface area contributed by atoms with Gasteiger partial charge in [-0.2, -0.15) is 4.31 Å². The summed E-state index contributed by atoms with van der Waals surface area (Å²) in [7, 11) is -3.62. The van der Waals surface area contributed by atoms with Gasteiger partial charge in [-0.05, 0) is 44.0 Å². The van der Waals surface area contributed by atoms with E-state index in [4.69, 9.17) is 4.74 Å². The van der Waals surface area contributed by atoms with Gasteiger partial charge in [-0.25, -0.2) is 13.2 Å². The third-order valence-corrected chi connectivity index (χ3v) is 7.79. The molecule has 32 heavy (non-hydrogen) atoms. The lowest BCUT2D eigenvalue weighted by Crippen LogP contribution is -2.53. The molecule has 2 saturated heterocycles. The van der Waals surface area contributed by atoms with Gasteiger partial charge in [0.2, 0.25) is 15.9 Å². The molecule has 1 aromatic rings. The molecule has 0 aromatic heterocycles. The molecule has 1 N–H and O–H groups in total. The quantitative estimate of drug-likeness (QED) is 0.662. The zero-order chi connectivity index (χ0) is 23.0. The van der Waals surface area contributed by atoms with Crippen LogP contribution in [0.1, 0.15) is 39.0 Å². The van der Waals surface area contributed by atoms with Crippen LogP contribution in [-0.2, 0) is 14.8 Å². The van der Waals surface area contributed by atoms with Crippen LogP contribution in [0.15, 0.2) is 29.2 Å². The molecule has 9 nitrogen and oxygen atoms in total. The Labute approximate surface area is 190 Å². The van der Waals surface area contributed by atoms with E-state index in [1.165, 1.54) is 17.1 Å².